The molecule has 0 spiro atoms. The molecule has 1 heterocycles. The van der Waals surface area contributed by atoms with Gasteiger partial charge >= 0.3 is 0 Å². The second kappa shape index (κ2) is 6.00. The van der Waals surface area contributed by atoms with Crippen molar-refractivity contribution in [3.05, 3.63) is 46.1 Å². The molecule has 0 unspecified atom stereocenters. The van der Waals surface area contributed by atoms with E-state index in [9.17, 15) is 13.2 Å². The fourth-order valence-electron chi connectivity index (χ4n) is 1.59. The predicted molar refractivity (Wildman–Crippen MR) is 81.8 cm³/mol. The van der Waals surface area contributed by atoms with Gasteiger partial charge in [0.25, 0.3) is 15.9 Å². The van der Waals surface area contributed by atoms with E-state index in [0.29, 0.717) is 5.69 Å². The van der Waals surface area contributed by atoms with Crippen molar-refractivity contribution < 1.29 is 17.6 Å². The number of hydrogen-bond donors (Lipinski definition) is 2. The number of furan rings is 1. The summed E-state index contributed by atoms with van der Waals surface area (Å²) in [7, 11) is -2.44. The Morgan fingerprint density at radius 2 is 1.95 bits per heavy atom. The molecule has 1 amide bonds. The molecule has 0 radical (unpaired) electrons. The standard InChI is InChI=1S/C13H13BrN2O4S/c1-8-3-4-10(9(14)7-8)16-13(17)11-5-6-12(20-11)21(18,19)15-2/h3-7,15H,1-2H3,(H,16,17). The lowest BCUT2D eigenvalue weighted by atomic mass is 10.2. The summed E-state index contributed by atoms with van der Waals surface area (Å²) in [5.41, 5.74) is 1.61. The lowest BCUT2D eigenvalue weighted by Gasteiger charge is -2.06. The lowest BCUT2D eigenvalue weighted by molar-refractivity contribution is 0.0991. The highest BCUT2D eigenvalue weighted by Gasteiger charge is 2.19. The van der Waals surface area contributed by atoms with E-state index in [0.717, 1.165) is 10.0 Å². The summed E-state index contributed by atoms with van der Waals surface area (Å²) >= 11 is 3.35. The van der Waals surface area contributed by atoms with Crippen molar-refractivity contribution in [3.63, 3.8) is 0 Å². The largest absolute Gasteiger partial charge is 0.438 e. The number of carbonyl (C=O) groups excluding carboxylic acids is 1. The van der Waals surface area contributed by atoms with Crippen LogP contribution in [-0.2, 0) is 10.0 Å². The molecule has 8 heteroatoms. The number of anilines is 1. The molecular weight excluding hydrogens is 360 g/mol. The van der Waals surface area contributed by atoms with Gasteiger partial charge in [0.15, 0.2) is 5.76 Å². The molecule has 1 aromatic heterocycles. The van der Waals surface area contributed by atoms with Crippen LogP contribution in [0.5, 0.6) is 0 Å². The van der Waals surface area contributed by atoms with Gasteiger partial charge in [-0.25, -0.2) is 13.1 Å². The van der Waals surface area contributed by atoms with E-state index in [1.807, 2.05) is 19.1 Å². The molecule has 21 heavy (non-hydrogen) atoms. The molecule has 0 aliphatic carbocycles. The second-order valence-corrected chi connectivity index (χ2v) is 6.94. The first-order chi connectivity index (χ1) is 9.83. The topological polar surface area (TPSA) is 88.4 Å². The quantitative estimate of drug-likeness (QED) is 0.862. The summed E-state index contributed by atoms with van der Waals surface area (Å²) in [5, 5.41) is 2.33. The van der Waals surface area contributed by atoms with Crippen LogP contribution in [0.1, 0.15) is 16.1 Å². The molecule has 1 aromatic carbocycles. The third-order valence-corrected chi connectivity index (χ3v) is 4.65. The van der Waals surface area contributed by atoms with Crippen LogP contribution in [0.4, 0.5) is 5.69 Å². The van der Waals surface area contributed by atoms with Crippen LogP contribution in [0, 0.1) is 6.92 Å². The van der Waals surface area contributed by atoms with E-state index in [1.54, 1.807) is 6.07 Å². The zero-order valence-corrected chi connectivity index (χ0v) is 13.7. The molecule has 0 saturated carbocycles. The highest BCUT2D eigenvalue weighted by atomic mass is 79.9. The summed E-state index contributed by atoms with van der Waals surface area (Å²) in [6, 6.07) is 7.98. The van der Waals surface area contributed by atoms with Crippen molar-refractivity contribution in [1.29, 1.82) is 0 Å². The third kappa shape index (κ3) is 3.52. The SMILES string of the molecule is CNS(=O)(=O)c1ccc(C(=O)Nc2ccc(C)cc2Br)o1. The van der Waals surface area contributed by atoms with Gasteiger partial charge in [-0.3, -0.25) is 4.79 Å². The molecule has 0 fully saturated rings. The summed E-state index contributed by atoms with van der Waals surface area (Å²) in [6.07, 6.45) is 0. The Hall–Kier alpha value is -1.64. The lowest BCUT2D eigenvalue weighted by Crippen LogP contribution is -2.18. The Labute approximate surface area is 130 Å². The van der Waals surface area contributed by atoms with Crippen LogP contribution >= 0.6 is 15.9 Å². The van der Waals surface area contributed by atoms with Gasteiger partial charge in [-0.05, 0) is 59.7 Å². The van der Waals surface area contributed by atoms with E-state index < -0.39 is 15.9 Å². The maximum atomic E-state index is 12.0. The number of rotatable bonds is 4. The zero-order valence-electron chi connectivity index (χ0n) is 11.3. The zero-order chi connectivity index (χ0) is 15.6. The molecule has 2 N–H and O–H groups in total. The third-order valence-electron chi connectivity index (χ3n) is 2.71. The Bertz CT molecular complexity index is 783. The first-order valence-corrected chi connectivity index (χ1v) is 8.22. The van der Waals surface area contributed by atoms with Gasteiger partial charge < -0.3 is 9.73 Å². The molecule has 0 aliphatic heterocycles. The van der Waals surface area contributed by atoms with Crippen molar-refractivity contribution in [2.75, 3.05) is 12.4 Å². The molecule has 0 saturated heterocycles. The monoisotopic (exact) mass is 372 g/mol. The maximum Gasteiger partial charge on any atom is 0.291 e. The molecule has 0 atom stereocenters. The van der Waals surface area contributed by atoms with Gasteiger partial charge in [0, 0.05) is 4.47 Å². The summed E-state index contributed by atoms with van der Waals surface area (Å²) < 4.78 is 31.0. The number of benzene rings is 1. The minimum absolute atomic E-state index is 0.0868. The van der Waals surface area contributed by atoms with Crippen molar-refractivity contribution in [3.8, 4) is 0 Å². The number of carbonyl (C=O) groups is 1. The van der Waals surface area contributed by atoms with Crippen LogP contribution in [0.25, 0.3) is 0 Å². The van der Waals surface area contributed by atoms with Crippen LogP contribution in [0.2, 0.25) is 0 Å². The average Bonchev–Trinajstić information content (AvgIpc) is 2.92. The first-order valence-electron chi connectivity index (χ1n) is 5.94. The van der Waals surface area contributed by atoms with Crippen molar-refractivity contribution >= 4 is 37.5 Å². The summed E-state index contributed by atoms with van der Waals surface area (Å²) in [5.74, 6) is -0.617. The van der Waals surface area contributed by atoms with Crippen molar-refractivity contribution in [2.45, 2.75) is 12.0 Å². The second-order valence-electron chi connectivity index (χ2n) is 4.26. The van der Waals surface area contributed by atoms with E-state index in [4.69, 9.17) is 4.42 Å². The molecule has 112 valence electrons. The Morgan fingerprint density at radius 1 is 1.24 bits per heavy atom. The minimum atomic E-state index is -3.70. The number of nitrogens with one attached hydrogen (secondary N) is 2. The number of aryl methyl sites for hydroxylation is 1. The van der Waals surface area contributed by atoms with Gasteiger partial charge in [-0.1, -0.05) is 6.07 Å². The Balaban J connectivity index is 2.22. The molecule has 0 aliphatic rings. The van der Waals surface area contributed by atoms with E-state index in [2.05, 4.69) is 26.0 Å². The van der Waals surface area contributed by atoms with Crippen LogP contribution in [0.3, 0.4) is 0 Å². The van der Waals surface area contributed by atoms with Crippen LogP contribution in [0.15, 0.2) is 44.3 Å². The molecule has 2 rings (SSSR count). The van der Waals surface area contributed by atoms with Crippen molar-refractivity contribution in [1.82, 2.24) is 4.72 Å². The molecule has 6 nitrogen and oxygen atoms in total. The fourth-order valence-corrected chi connectivity index (χ4v) is 2.83. The van der Waals surface area contributed by atoms with E-state index in [1.165, 1.54) is 19.2 Å². The number of halogens is 1. The highest BCUT2D eigenvalue weighted by Crippen LogP contribution is 2.24. The number of sulfonamides is 1. The number of amides is 1. The fraction of sp³-hybridized carbons (Fsp3) is 0.154. The summed E-state index contributed by atoms with van der Waals surface area (Å²) in [6.45, 7) is 1.93. The smallest absolute Gasteiger partial charge is 0.291 e. The van der Waals surface area contributed by atoms with Crippen molar-refractivity contribution in [2.24, 2.45) is 0 Å². The van der Waals surface area contributed by atoms with Gasteiger partial charge in [0.1, 0.15) is 0 Å². The van der Waals surface area contributed by atoms with Crippen LogP contribution in [-0.4, -0.2) is 21.4 Å². The highest BCUT2D eigenvalue weighted by molar-refractivity contribution is 9.10. The molecule has 0 bridgehead atoms. The Kier molecular flexibility index (Phi) is 4.50. The predicted octanol–water partition coefficient (Wildman–Crippen LogP) is 2.51. The maximum absolute atomic E-state index is 12.0. The van der Waals surface area contributed by atoms with E-state index >= 15 is 0 Å². The minimum Gasteiger partial charge on any atom is -0.438 e. The van der Waals surface area contributed by atoms with E-state index in [-0.39, 0.29) is 10.9 Å². The Morgan fingerprint density at radius 3 is 2.57 bits per heavy atom. The normalized spacial score (nSPS) is 11.4. The molecule has 2 aromatic rings. The van der Waals surface area contributed by atoms with Crippen LogP contribution < -0.4 is 10.0 Å². The first kappa shape index (κ1) is 15.7. The van der Waals surface area contributed by atoms with Gasteiger partial charge in [0.2, 0.25) is 5.09 Å². The van der Waals surface area contributed by atoms with Gasteiger partial charge in [-0.2, -0.15) is 0 Å². The number of hydrogen-bond acceptors (Lipinski definition) is 4. The summed E-state index contributed by atoms with van der Waals surface area (Å²) in [4.78, 5) is 12.0. The van der Waals surface area contributed by atoms with Gasteiger partial charge in [-0.15, -0.1) is 0 Å². The van der Waals surface area contributed by atoms with Gasteiger partial charge in [0.05, 0.1) is 5.69 Å². The average molecular weight is 373 g/mol. The molecular formula is C13H13BrN2O4S.